The smallest absolute Gasteiger partial charge is 0.228 e. The monoisotopic (exact) mass is 387 g/mol. The van der Waals surface area contributed by atoms with Gasteiger partial charge in [-0.15, -0.1) is 0 Å². The quantitative estimate of drug-likeness (QED) is 0.851. The zero-order chi connectivity index (χ0) is 16.9. The molecule has 4 nitrogen and oxygen atoms in total. The molecule has 1 atom stereocenters. The van der Waals surface area contributed by atoms with Crippen LogP contribution in [0, 0.1) is 5.92 Å². The second kappa shape index (κ2) is 7.79. The Kier molecular flexibility index (Phi) is 5.51. The van der Waals surface area contributed by atoms with Crippen LogP contribution in [0.5, 0.6) is 0 Å². The fourth-order valence-corrected chi connectivity index (χ4v) is 3.30. The summed E-state index contributed by atoms with van der Waals surface area (Å²) in [6.45, 7) is 4.40. The molecule has 0 radical (unpaired) electrons. The lowest BCUT2D eigenvalue weighted by Gasteiger charge is -2.31. The lowest BCUT2D eigenvalue weighted by molar-refractivity contribution is -0.115. The molecule has 2 aromatic rings. The molecule has 0 saturated carbocycles. The highest BCUT2D eigenvalue weighted by Crippen LogP contribution is 2.22. The fraction of sp³-hybridized carbons (Fsp3) is 0.368. The van der Waals surface area contributed by atoms with E-state index in [4.69, 9.17) is 0 Å². The first-order chi connectivity index (χ1) is 11.6. The lowest BCUT2D eigenvalue weighted by atomic mass is 10.0. The molecule has 5 heteroatoms. The molecule has 0 bridgehead atoms. The SMILES string of the molecule is CC1CCCN(c2ccc(NC(=O)Cc3ccc(Br)cc3)cn2)C1. The number of anilines is 2. The molecular weight excluding hydrogens is 366 g/mol. The van der Waals surface area contributed by atoms with E-state index in [1.165, 1.54) is 12.8 Å². The van der Waals surface area contributed by atoms with Gasteiger partial charge in [0.2, 0.25) is 5.91 Å². The van der Waals surface area contributed by atoms with Crippen molar-refractivity contribution < 1.29 is 4.79 Å². The topological polar surface area (TPSA) is 45.2 Å². The number of rotatable bonds is 4. The van der Waals surface area contributed by atoms with Crippen molar-refractivity contribution in [3.05, 3.63) is 52.6 Å². The van der Waals surface area contributed by atoms with E-state index in [1.54, 1.807) is 6.20 Å². The third-order valence-corrected chi connectivity index (χ3v) is 4.82. The summed E-state index contributed by atoms with van der Waals surface area (Å²) in [5, 5.41) is 2.91. The van der Waals surface area contributed by atoms with Crippen molar-refractivity contribution in [2.24, 2.45) is 5.92 Å². The van der Waals surface area contributed by atoms with E-state index in [1.807, 2.05) is 36.4 Å². The van der Waals surface area contributed by atoms with Crippen LogP contribution in [-0.2, 0) is 11.2 Å². The van der Waals surface area contributed by atoms with Gasteiger partial charge in [0.25, 0.3) is 0 Å². The predicted molar refractivity (Wildman–Crippen MR) is 101 cm³/mol. The summed E-state index contributed by atoms with van der Waals surface area (Å²) in [5.74, 6) is 1.68. The maximum Gasteiger partial charge on any atom is 0.228 e. The van der Waals surface area contributed by atoms with Gasteiger partial charge in [-0.05, 0) is 48.6 Å². The van der Waals surface area contributed by atoms with Gasteiger partial charge < -0.3 is 10.2 Å². The molecule has 24 heavy (non-hydrogen) atoms. The Labute approximate surface area is 151 Å². The third-order valence-electron chi connectivity index (χ3n) is 4.29. The Hall–Kier alpha value is -1.88. The largest absolute Gasteiger partial charge is 0.356 e. The number of hydrogen-bond donors (Lipinski definition) is 1. The Morgan fingerprint density at radius 1 is 1.29 bits per heavy atom. The van der Waals surface area contributed by atoms with Crippen LogP contribution in [0.25, 0.3) is 0 Å². The Morgan fingerprint density at radius 3 is 2.75 bits per heavy atom. The first-order valence-corrected chi connectivity index (χ1v) is 9.15. The van der Waals surface area contributed by atoms with Gasteiger partial charge in [-0.1, -0.05) is 35.0 Å². The average molecular weight is 388 g/mol. The number of hydrogen-bond acceptors (Lipinski definition) is 3. The molecule has 2 heterocycles. The van der Waals surface area contributed by atoms with Gasteiger partial charge in [-0.3, -0.25) is 4.79 Å². The molecule has 1 aliphatic rings. The molecule has 1 fully saturated rings. The molecule has 126 valence electrons. The number of nitrogens with zero attached hydrogens (tertiary/aromatic N) is 2. The molecule has 1 aromatic heterocycles. The molecule has 0 aliphatic carbocycles. The number of halogens is 1. The first-order valence-electron chi connectivity index (χ1n) is 8.35. The Balaban J connectivity index is 1.57. The van der Waals surface area contributed by atoms with Gasteiger partial charge in [-0.2, -0.15) is 0 Å². The molecule has 1 unspecified atom stereocenters. The summed E-state index contributed by atoms with van der Waals surface area (Å²) < 4.78 is 1.01. The number of nitrogens with one attached hydrogen (secondary N) is 1. The zero-order valence-corrected chi connectivity index (χ0v) is 15.4. The van der Waals surface area contributed by atoms with E-state index in [9.17, 15) is 4.79 Å². The van der Waals surface area contributed by atoms with E-state index in [2.05, 4.69) is 38.1 Å². The second-order valence-electron chi connectivity index (χ2n) is 6.45. The highest BCUT2D eigenvalue weighted by Gasteiger charge is 2.17. The minimum atomic E-state index is -0.0292. The molecule has 1 aliphatic heterocycles. The van der Waals surface area contributed by atoms with E-state index >= 15 is 0 Å². The Morgan fingerprint density at radius 2 is 2.08 bits per heavy atom. The van der Waals surface area contributed by atoms with Crippen molar-refractivity contribution in [2.75, 3.05) is 23.3 Å². The minimum absolute atomic E-state index is 0.0292. The molecule has 0 spiro atoms. The van der Waals surface area contributed by atoms with Crippen molar-refractivity contribution in [3.63, 3.8) is 0 Å². The third kappa shape index (κ3) is 4.57. The number of piperidine rings is 1. The second-order valence-corrected chi connectivity index (χ2v) is 7.37. The van der Waals surface area contributed by atoms with Crippen molar-refractivity contribution in [1.29, 1.82) is 0 Å². The molecule has 1 aromatic carbocycles. The minimum Gasteiger partial charge on any atom is -0.356 e. The van der Waals surface area contributed by atoms with Crippen LogP contribution in [-0.4, -0.2) is 24.0 Å². The van der Waals surface area contributed by atoms with Crippen LogP contribution in [0.1, 0.15) is 25.3 Å². The van der Waals surface area contributed by atoms with Gasteiger partial charge in [0.15, 0.2) is 0 Å². The molecular formula is C19H22BrN3O. The molecule has 3 rings (SSSR count). The van der Waals surface area contributed by atoms with E-state index in [-0.39, 0.29) is 5.91 Å². The van der Waals surface area contributed by atoms with Gasteiger partial charge >= 0.3 is 0 Å². The van der Waals surface area contributed by atoms with Crippen LogP contribution in [0.3, 0.4) is 0 Å². The number of pyridine rings is 1. The van der Waals surface area contributed by atoms with Crippen molar-refractivity contribution in [1.82, 2.24) is 4.98 Å². The molecule has 1 saturated heterocycles. The van der Waals surface area contributed by atoms with Gasteiger partial charge in [0.1, 0.15) is 5.82 Å². The van der Waals surface area contributed by atoms with Gasteiger partial charge in [0.05, 0.1) is 18.3 Å². The normalized spacial score (nSPS) is 17.6. The summed E-state index contributed by atoms with van der Waals surface area (Å²) in [6.07, 6.45) is 4.61. The number of aromatic nitrogens is 1. The maximum absolute atomic E-state index is 12.1. The van der Waals surface area contributed by atoms with Crippen LogP contribution < -0.4 is 10.2 Å². The summed E-state index contributed by atoms with van der Waals surface area (Å²) >= 11 is 3.40. The van der Waals surface area contributed by atoms with Gasteiger partial charge in [-0.25, -0.2) is 4.98 Å². The standard InChI is InChI=1S/C19H22BrN3O/c1-14-3-2-10-23(13-14)18-9-8-17(12-21-18)22-19(24)11-15-4-6-16(20)7-5-15/h4-9,12,14H,2-3,10-11,13H2,1H3,(H,22,24). The van der Waals surface area contributed by atoms with Crippen molar-refractivity contribution in [2.45, 2.75) is 26.2 Å². The summed E-state index contributed by atoms with van der Waals surface area (Å²) in [6, 6.07) is 11.7. The van der Waals surface area contributed by atoms with E-state index < -0.39 is 0 Å². The number of benzene rings is 1. The molecule has 1 N–H and O–H groups in total. The lowest BCUT2D eigenvalue weighted by Crippen LogP contribution is -2.34. The number of carbonyl (C=O) groups excluding carboxylic acids is 1. The highest BCUT2D eigenvalue weighted by molar-refractivity contribution is 9.10. The van der Waals surface area contributed by atoms with Crippen LogP contribution in [0.4, 0.5) is 11.5 Å². The van der Waals surface area contributed by atoms with E-state index in [0.717, 1.165) is 34.6 Å². The van der Waals surface area contributed by atoms with Gasteiger partial charge in [0, 0.05) is 17.6 Å². The molecule has 1 amide bonds. The summed E-state index contributed by atoms with van der Waals surface area (Å²) in [5.41, 5.74) is 1.73. The zero-order valence-electron chi connectivity index (χ0n) is 13.8. The highest BCUT2D eigenvalue weighted by atomic mass is 79.9. The van der Waals surface area contributed by atoms with Crippen LogP contribution in [0.2, 0.25) is 0 Å². The maximum atomic E-state index is 12.1. The number of carbonyl (C=O) groups is 1. The number of amides is 1. The fourth-order valence-electron chi connectivity index (χ4n) is 3.04. The average Bonchev–Trinajstić information content (AvgIpc) is 2.58. The summed E-state index contributed by atoms with van der Waals surface area (Å²) in [7, 11) is 0. The predicted octanol–water partition coefficient (Wildman–Crippen LogP) is 4.26. The van der Waals surface area contributed by atoms with Crippen molar-refractivity contribution >= 4 is 33.3 Å². The van der Waals surface area contributed by atoms with Crippen LogP contribution >= 0.6 is 15.9 Å². The van der Waals surface area contributed by atoms with E-state index in [0.29, 0.717) is 12.3 Å². The van der Waals surface area contributed by atoms with Crippen LogP contribution in [0.15, 0.2) is 47.1 Å². The van der Waals surface area contributed by atoms with Crippen molar-refractivity contribution in [3.8, 4) is 0 Å². The summed E-state index contributed by atoms with van der Waals surface area (Å²) in [4.78, 5) is 19.0. The first kappa shape index (κ1) is 17.0. The Bertz CT molecular complexity index is 685.